The fraction of sp³-hybridized carbons (Fsp3) is 0.267. The molecule has 2 atom stereocenters. The molecule has 0 aliphatic heterocycles. The van der Waals surface area contributed by atoms with E-state index >= 15 is 0 Å². The lowest BCUT2D eigenvalue weighted by Crippen LogP contribution is -2.39. The quantitative estimate of drug-likeness (QED) is 0.252. The molecule has 0 amide bonds. The minimum Gasteiger partial charge on any atom is -0.497 e. The molecular formula is C30H29F3N2O4. The highest BCUT2D eigenvalue weighted by Crippen LogP contribution is 2.33. The highest BCUT2D eigenvalue weighted by molar-refractivity contribution is 5.70. The second-order valence-electron chi connectivity index (χ2n) is 10.2. The van der Waals surface area contributed by atoms with Gasteiger partial charge in [0.15, 0.2) is 5.75 Å². The summed E-state index contributed by atoms with van der Waals surface area (Å²) in [6, 6.07) is 13.7. The molecule has 0 aromatic heterocycles. The molecule has 4 aromatic rings. The first-order valence-corrected chi connectivity index (χ1v) is 12.3. The molecule has 0 heterocycles. The fourth-order valence-corrected chi connectivity index (χ4v) is 4.19. The molecule has 0 saturated carbocycles. The molecule has 0 radical (unpaired) electrons. The van der Waals surface area contributed by atoms with Crippen LogP contribution in [-0.2, 0) is 0 Å². The summed E-state index contributed by atoms with van der Waals surface area (Å²) >= 11 is 0. The summed E-state index contributed by atoms with van der Waals surface area (Å²) < 4.78 is 53.6. The molecule has 0 fully saturated rings. The van der Waals surface area contributed by atoms with Crippen molar-refractivity contribution in [3.05, 3.63) is 115 Å². The maximum absolute atomic E-state index is 14.9. The van der Waals surface area contributed by atoms with Gasteiger partial charge in [0.05, 0.1) is 18.8 Å². The highest BCUT2D eigenvalue weighted by Gasteiger charge is 2.28. The topological polar surface area (TPSA) is 76.7 Å². The summed E-state index contributed by atoms with van der Waals surface area (Å²) in [5.74, 6) is -1.57. The molecule has 39 heavy (non-hydrogen) atoms. The van der Waals surface area contributed by atoms with Crippen LogP contribution in [0.15, 0.2) is 70.3 Å². The van der Waals surface area contributed by atoms with E-state index in [9.17, 15) is 22.8 Å². The number of nitrogens with one attached hydrogen (secondary N) is 2. The van der Waals surface area contributed by atoms with Gasteiger partial charge in [0.1, 0.15) is 34.5 Å². The number of hydrogen-bond acceptors (Lipinski definition) is 6. The van der Waals surface area contributed by atoms with Crippen molar-refractivity contribution in [1.82, 2.24) is 5.32 Å². The second kappa shape index (κ2) is 10.9. The fourth-order valence-electron chi connectivity index (χ4n) is 4.19. The summed E-state index contributed by atoms with van der Waals surface area (Å²) in [5.41, 5.74) is -0.739. The van der Waals surface area contributed by atoms with Crippen LogP contribution < -0.4 is 31.0 Å². The predicted molar refractivity (Wildman–Crippen MR) is 144 cm³/mol. The Morgan fingerprint density at radius 2 is 1.41 bits per heavy atom. The number of benzene rings is 3. The molecule has 9 heteroatoms. The molecule has 4 aromatic carbocycles. The van der Waals surface area contributed by atoms with Gasteiger partial charge in [-0.15, -0.1) is 0 Å². The van der Waals surface area contributed by atoms with E-state index < -0.39 is 46.0 Å². The van der Waals surface area contributed by atoms with Gasteiger partial charge >= 0.3 is 0 Å². The maximum Gasteiger partial charge on any atom is 0.272 e. The third-order valence-corrected chi connectivity index (χ3v) is 6.11. The summed E-state index contributed by atoms with van der Waals surface area (Å²) in [4.78, 5) is 24.4. The first-order valence-electron chi connectivity index (χ1n) is 12.3. The summed E-state index contributed by atoms with van der Waals surface area (Å²) in [5, 5.41) is 6.09. The van der Waals surface area contributed by atoms with Gasteiger partial charge in [-0.1, -0.05) is 18.2 Å². The summed E-state index contributed by atoms with van der Waals surface area (Å²) in [6.45, 7) is 6.94. The second-order valence-corrected chi connectivity index (χ2v) is 10.2. The van der Waals surface area contributed by atoms with Crippen molar-refractivity contribution in [2.24, 2.45) is 0 Å². The SMILES string of the molecule is COc1ccc(C(N[C@H](C)c2cc(F)cc(F)c2)c2ccc(F)c(Nc3c(OC(C)(C)C)c(=O)c3=O)c2)cc1. The molecule has 6 nitrogen and oxygen atoms in total. The van der Waals surface area contributed by atoms with Crippen molar-refractivity contribution in [3.63, 3.8) is 0 Å². The van der Waals surface area contributed by atoms with E-state index in [1.54, 1.807) is 53.0 Å². The zero-order valence-electron chi connectivity index (χ0n) is 22.2. The molecule has 204 valence electrons. The van der Waals surface area contributed by atoms with Crippen LogP contribution in [0.4, 0.5) is 24.5 Å². The monoisotopic (exact) mass is 538 g/mol. The van der Waals surface area contributed by atoms with E-state index in [1.165, 1.54) is 24.3 Å². The molecule has 1 unspecified atom stereocenters. The van der Waals surface area contributed by atoms with Crippen molar-refractivity contribution in [1.29, 1.82) is 0 Å². The van der Waals surface area contributed by atoms with Gasteiger partial charge in [0, 0.05) is 12.1 Å². The standard InChI is InChI=1S/C30H29F3N2O4/c1-16(19-12-20(31)15-21(32)13-19)34-25(17-6-9-22(38-5)10-7-17)18-8-11-23(33)24(14-18)35-26-27(36)28(37)29(26)39-30(2,3)4/h6-16,25,34-35H,1-5H3/t16-,25?/m1/s1. The average molecular weight is 539 g/mol. The minimum absolute atomic E-state index is 0.0388. The average Bonchev–Trinajstić information content (AvgIpc) is 2.89. The van der Waals surface area contributed by atoms with Crippen LogP contribution in [-0.4, -0.2) is 12.7 Å². The molecule has 0 bridgehead atoms. The van der Waals surface area contributed by atoms with E-state index in [2.05, 4.69) is 10.6 Å². The lowest BCUT2D eigenvalue weighted by atomic mass is 9.95. The Morgan fingerprint density at radius 1 is 0.795 bits per heavy atom. The maximum atomic E-state index is 14.9. The third kappa shape index (κ3) is 6.31. The van der Waals surface area contributed by atoms with Gasteiger partial charge in [-0.25, -0.2) is 13.2 Å². The number of halogens is 3. The van der Waals surface area contributed by atoms with Gasteiger partial charge < -0.3 is 14.8 Å². The Morgan fingerprint density at radius 3 is 2.00 bits per heavy atom. The summed E-state index contributed by atoms with van der Waals surface area (Å²) in [6.07, 6.45) is 0. The zero-order chi connectivity index (χ0) is 28.5. The number of hydrogen-bond donors (Lipinski definition) is 2. The first-order chi connectivity index (χ1) is 18.4. The minimum atomic E-state index is -0.800. The normalized spacial score (nSPS) is 13.2. The van der Waals surface area contributed by atoms with E-state index in [0.29, 0.717) is 16.9 Å². The van der Waals surface area contributed by atoms with Gasteiger partial charge in [-0.05, 0) is 80.8 Å². The highest BCUT2D eigenvalue weighted by atomic mass is 19.1. The van der Waals surface area contributed by atoms with Crippen LogP contribution in [0.25, 0.3) is 0 Å². The van der Waals surface area contributed by atoms with Crippen molar-refractivity contribution in [2.45, 2.75) is 45.4 Å². The van der Waals surface area contributed by atoms with Crippen LogP contribution in [0.2, 0.25) is 0 Å². The third-order valence-electron chi connectivity index (χ3n) is 6.11. The molecule has 0 aliphatic carbocycles. The van der Waals surface area contributed by atoms with Crippen molar-refractivity contribution >= 4 is 11.4 Å². The molecule has 4 rings (SSSR count). The molecular weight excluding hydrogens is 509 g/mol. The Labute approximate surface area is 224 Å². The first kappa shape index (κ1) is 27.9. The largest absolute Gasteiger partial charge is 0.497 e. The van der Waals surface area contributed by atoms with E-state index in [1.807, 2.05) is 12.1 Å². The smallest absolute Gasteiger partial charge is 0.272 e. The van der Waals surface area contributed by atoms with Crippen LogP contribution in [0.5, 0.6) is 11.5 Å². The Bertz CT molecular complexity index is 1530. The van der Waals surface area contributed by atoms with Gasteiger partial charge in [0.2, 0.25) is 0 Å². The summed E-state index contributed by atoms with van der Waals surface area (Å²) in [7, 11) is 1.54. The lowest BCUT2D eigenvalue weighted by Gasteiger charge is -2.26. The van der Waals surface area contributed by atoms with Crippen LogP contribution in [0.3, 0.4) is 0 Å². The molecule has 2 N–H and O–H groups in total. The van der Waals surface area contributed by atoms with E-state index in [4.69, 9.17) is 9.47 Å². The Balaban J connectivity index is 1.72. The molecule has 0 spiro atoms. The van der Waals surface area contributed by atoms with E-state index in [0.717, 1.165) is 11.6 Å². The Hall–Kier alpha value is -4.11. The van der Waals surface area contributed by atoms with Crippen LogP contribution in [0, 0.1) is 17.5 Å². The predicted octanol–water partition coefficient (Wildman–Crippen LogP) is 6.07. The van der Waals surface area contributed by atoms with Gasteiger partial charge in [-0.2, -0.15) is 0 Å². The van der Waals surface area contributed by atoms with Crippen molar-refractivity contribution in [2.75, 3.05) is 12.4 Å². The van der Waals surface area contributed by atoms with Gasteiger partial charge in [-0.3, -0.25) is 14.9 Å². The van der Waals surface area contributed by atoms with Crippen molar-refractivity contribution < 1.29 is 22.6 Å². The van der Waals surface area contributed by atoms with E-state index in [-0.39, 0.29) is 17.1 Å². The van der Waals surface area contributed by atoms with Crippen LogP contribution >= 0.6 is 0 Å². The number of rotatable bonds is 9. The zero-order valence-corrected chi connectivity index (χ0v) is 22.2. The molecule has 0 saturated heterocycles. The molecule has 0 aliphatic rings. The number of anilines is 2. The number of methoxy groups -OCH3 is 1. The van der Waals surface area contributed by atoms with Crippen LogP contribution in [0.1, 0.15) is 56.5 Å². The lowest BCUT2D eigenvalue weighted by molar-refractivity contribution is 0.128. The number of ether oxygens (including phenoxy) is 2. The van der Waals surface area contributed by atoms with Crippen molar-refractivity contribution in [3.8, 4) is 11.5 Å². The van der Waals surface area contributed by atoms with Gasteiger partial charge in [0.25, 0.3) is 10.9 Å². The Kier molecular flexibility index (Phi) is 7.83.